The highest BCUT2D eigenvalue weighted by atomic mass is 32.7. The lowest BCUT2D eigenvalue weighted by molar-refractivity contribution is 0.228. The van der Waals surface area contributed by atoms with Gasteiger partial charge in [0.15, 0.2) is 0 Å². The Morgan fingerprint density at radius 2 is 1.93 bits per heavy atom. The summed E-state index contributed by atoms with van der Waals surface area (Å²) in [5.74, 6) is 3.12. The molecule has 0 fully saturated rings. The zero-order chi connectivity index (χ0) is 11.7. The molecule has 0 aromatic rings. The second-order valence-corrected chi connectivity index (χ2v) is 9.85. The number of hydrogen-bond donors (Lipinski definition) is 0. The van der Waals surface area contributed by atoms with Crippen LogP contribution in [0, 0.1) is 0 Å². The van der Waals surface area contributed by atoms with E-state index in [1.807, 2.05) is 25.6 Å². The van der Waals surface area contributed by atoms with Crippen LogP contribution in [0.4, 0.5) is 0 Å². The molecule has 1 unspecified atom stereocenters. The molecule has 2 atom stereocenters. The summed E-state index contributed by atoms with van der Waals surface area (Å²) in [5, 5.41) is 0. The second kappa shape index (κ2) is 8.98. The van der Waals surface area contributed by atoms with E-state index in [0.717, 1.165) is 23.7 Å². The first-order chi connectivity index (χ1) is 7.08. The van der Waals surface area contributed by atoms with Gasteiger partial charge in [-0.25, -0.2) is 0 Å². The van der Waals surface area contributed by atoms with E-state index in [2.05, 4.69) is 13.8 Å². The average Bonchev–Trinajstić information content (AvgIpc) is 2.24. The summed E-state index contributed by atoms with van der Waals surface area (Å²) in [6, 6.07) is 0. The van der Waals surface area contributed by atoms with E-state index in [1.54, 1.807) is 0 Å². The topological polar surface area (TPSA) is 26.3 Å². The molecule has 0 aliphatic carbocycles. The van der Waals surface area contributed by atoms with Crippen molar-refractivity contribution in [3.8, 4) is 0 Å². The lowest BCUT2D eigenvalue weighted by Crippen LogP contribution is -2.04. The van der Waals surface area contributed by atoms with Crippen LogP contribution in [0.5, 0.6) is 0 Å². The molecule has 0 radical (unpaired) electrons. The highest BCUT2D eigenvalue weighted by Crippen LogP contribution is 2.60. The number of thioether (sulfide) groups is 1. The molecule has 5 heteroatoms. The van der Waals surface area contributed by atoms with Gasteiger partial charge in [-0.2, -0.15) is 11.8 Å². The third-order valence-corrected chi connectivity index (χ3v) is 8.18. The van der Waals surface area contributed by atoms with Crippen LogP contribution < -0.4 is 0 Å². The summed E-state index contributed by atoms with van der Waals surface area (Å²) >= 11 is 3.41. The van der Waals surface area contributed by atoms with Gasteiger partial charge in [-0.3, -0.25) is 4.57 Å². The van der Waals surface area contributed by atoms with E-state index in [9.17, 15) is 4.57 Å². The maximum Gasteiger partial charge on any atom is 0.257 e. The van der Waals surface area contributed by atoms with Crippen LogP contribution >= 0.6 is 29.7 Å². The maximum atomic E-state index is 12.2. The van der Waals surface area contributed by atoms with E-state index >= 15 is 0 Å². The van der Waals surface area contributed by atoms with Gasteiger partial charge < -0.3 is 4.52 Å². The van der Waals surface area contributed by atoms with Crippen LogP contribution in [0.2, 0.25) is 0 Å². The lowest BCUT2D eigenvalue weighted by atomic mass is 10.3. The van der Waals surface area contributed by atoms with Crippen LogP contribution in [-0.2, 0) is 9.09 Å². The average molecular weight is 270 g/mol. The molecule has 0 rings (SSSR count). The lowest BCUT2D eigenvalue weighted by Gasteiger charge is -2.20. The van der Waals surface area contributed by atoms with E-state index in [-0.39, 0.29) is 6.10 Å². The first-order valence-electron chi connectivity index (χ1n) is 5.57. The normalized spacial score (nSPS) is 17.3. The van der Waals surface area contributed by atoms with Gasteiger partial charge in [-0.05, 0) is 19.1 Å². The van der Waals surface area contributed by atoms with E-state index in [4.69, 9.17) is 4.52 Å². The quantitative estimate of drug-likeness (QED) is 0.455. The molecule has 0 aliphatic heterocycles. The smallest absolute Gasteiger partial charge is 0.257 e. The van der Waals surface area contributed by atoms with Gasteiger partial charge in [0.25, 0.3) is 6.57 Å². The van der Waals surface area contributed by atoms with Crippen LogP contribution in [0.25, 0.3) is 0 Å². The molecule has 0 saturated carbocycles. The van der Waals surface area contributed by atoms with Crippen LogP contribution in [-0.4, -0.2) is 29.5 Å². The Morgan fingerprint density at radius 3 is 2.40 bits per heavy atom. The summed E-state index contributed by atoms with van der Waals surface area (Å²) in [5.41, 5.74) is 0. The van der Waals surface area contributed by atoms with Crippen LogP contribution in [0.15, 0.2) is 0 Å². The Bertz CT molecular complexity index is 200. The fourth-order valence-electron chi connectivity index (χ4n) is 0.925. The molecule has 0 spiro atoms. The molecular weight excluding hydrogens is 247 g/mol. The third-order valence-electron chi connectivity index (χ3n) is 2.02. The summed E-state index contributed by atoms with van der Waals surface area (Å²) in [6.07, 6.45) is 1.68. The largest absolute Gasteiger partial charge is 0.318 e. The van der Waals surface area contributed by atoms with Crippen molar-refractivity contribution in [2.45, 2.75) is 40.2 Å². The van der Waals surface area contributed by atoms with Crippen molar-refractivity contribution in [2.75, 3.05) is 23.4 Å². The van der Waals surface area contributed by atoms with Gasteiger partial charge in [0.1, 0.15) is 0 Å². The van der Waals surface area contributed by atoms with E-state index in [1.165, 1.54) is 11.4 Å². The first-order valence-corrected chi connectivity index (χ1v) is 10.1. The van der Waals surface area contributed by atoms with Gasteiger partial charge in [0, 0.05) is 17.7 Å². The van der Waals surface area contributed by atoms with Crippen molar-refractivity contribution < 1.29 is 9.09 Å². The molecular formula is C10H23O2PS2. The Morgan fingerprint density at radius 1 is 1.27 bits per heavy atom. The number of rotatable bonds is 9. The summed E-state index contributed by atoms with van der Waals surface area (Å²) < 4.78 is 17.9. The molecule has 2 nitrogen and oxygen atoms in total. The molecule has 0 aromatic heterocycles. The zero-order valence-corrected chi connectivity index (χ0v) is 12.7. The minimum Gasteiger partial charge on any atom is -0.318 e. The van der Waals surface area contributed by atoms with Crippen molar-refractivity contribution >= 4 is 29.7 Å². The van der Waals surface area contributed by atoms with E-state index < -0.39 is 6.57 Å². The maximum absolute atomic E-state index is 12.2. The van der Waals surface area contributed by atoms with Crippen LogP contribution in [0.1, 0.15) is 34.1 Å². The molecule has 92 valence electrons. The van der Waals surface area contributed by atoms with Gasteiger partial charge in [-0.1, -0.05) is 32.2 Å². The Labute approximate surface area is 103 Å². The second-order valence-electron chi connectivity index (χ2n) is 3.28. The minimum absolute atomic E-state index is 0.113. The van der Waals surface area contributed by atoms with Crippen molar-refractivity contribution in [1.82, 2.24) is 0 Å². The van der Waals surface area contributed by atoms with Crippen molar-refractivity contribution in [2.24, 2.45) is 0 Å². The summed E-state index contributed by atoms with van der Waals surface area (Å²) in [4.78, 5) is 0. The molecule has 0 N–H and O–H groups in total. The van der Waals surface area contributed by atoms with Gasteiger partial charge >= 0.3 is 0 Å². The molecule has 0 aliphatic rings. The molecule has 0 bridgehead atoms. The predicted molar refractivity (Wildman–Crippen MR) is 74.4 cm³/mol. The van der Waals surface area contributed by atoms with Crippen molar-refractivity contribution in [3.05, 3.63) is 0 Å². The van der Waals surface area contributed by atoms with Crippen LogP contribution in [0.3, 0.4) is 0 Å². The fourth-order valence-corrected chi connectivity index (χ4v) is 6.03. The monoisotopic (exact) mass is 270 g/mol. The van der Waals surface area contributed by atoms with Gasteiger partial charge in [-0.15, -0.1) is 0 Å². The Balaban J connectivity index is 3.91. The highest BCUT2D eigenvalue weighted by Gasteiger charge is 2.23. The first kappa shape index (κ1) is 15.9. The molecule has 0 saturated heterocycles. The molecule has 0 heterocycles. The van der Waals surface area contributed by atoms with Gasteiger partial charge in [0.2, 0.25) is 0 Å². The molecule has 0 aromatic carbocycles. The Hall–Kier alpha value is 0.890. The van der Waals surface area contributed by atoms with E-state index in [0.29, 0.717) is 6.16 Å². The third kappa shape index (κ3) is 7.73. The summed E-state index contributed by atoms with van der Waals surface area (Å²) in [6.45, 7) is 5.73. The number of hydrogen-bond acceptors (Lipinski definition) is 4. The predicted octanol–water partition coefficient (Wildman–Crippen LogP) is 4.50. The van der Waals surface area contributed by atoms with Crippen molar-refractivity contribution in [3.63, 3.8) is 0 Å². The zero-order valence-electron chi connectivity index (χ0n) is 10.2. The molecule has 0 amide bonds. The highest BCUT2D eigenvalue weighted by molar-refractivity contribution is 8.56. The summed E-state index contributed by atoms with van der Waals surface area (Å²) in [7, 11) is 0. The molecule has 15 heavy (non-hydrogen) atoms. The van der Waals surface area contributed by atoms with Crippen molar-refractivity contribution in [1.29, 1.82) is 0 Å². The standard InChI is InChI=1S/C10H23O2PS2/c1-5-10(4)12-13(11,6-2)15-9-8-14-7-3/h10H,5-9H2,1-4H3/t10-,13?/m0/s1. The minimum atomic E-state index is -2.41. The Kier molecular flexibility index (Phi) is 9.51. The van der Waals surface area contributed by atoms with Gasteiger partial charge in [0.05, 0.1) is 6.10 Å². The fraction of sp³-hybridized carbons (Fsp3) is 1.00. The SMILES string of the molecule is CCSCCSP(=O)(CC)O[C@@H](C)CC.